The first-order valence-electron chi connectivity index (χ1n) is 3.33. The van der Waals surface area contributed by atoms with Crippen LogP contribution in [0.5, 0.6) is 0 Å². The van der Waals surface area contributed by atoms with Gasteiger partial charge in [-0.05, 0) is 13.0 Å². The van der Waals surface area contributed by atoms with Crippen LogP contribution in [-0.4, -0.2) is 29.8 Å². The van der Waals surface area contributed by atoms with Gasteiger partial charge in [0.05, 0.1) is 0 Å². The van der Waals surface area contributed by atoms with Gasteiger partial charge in [0.1, 0.15) is 6.61 Å². The van der Waals surface area contributed by atoms with Crippen LogP contribution < -0.4 is 5.32 Å². The number of esters is 1. The molecule has 0 spiro atoms. The molecule has 0 saturated heterocycles. The van der Waals surface area contributed by atoms with E-state index < -0.39 is 24.7 Å². The maximum atomic E-state index is 10.6. The molecule has 0 aliphatic rings. The Labute approximate surface area is 70.0 Å². The van der Waals surface area contributed by atoms with Crippen LogP contribution in [0.1, 0.15) is 6.92 Å². The number of hydrogen-bond donors (Lipinski definition) is 2. The lowest BCUT2D eigenvalue weighted by molar-refractivity contribution is -0.153. The summed E-state index contributed by atoms with van der Waals surface area (Å²) in [5, 5.41) is 10.6. The largest absolute Gasteiger partial charge is 0.440 e. The summed E-state index contributed by atoms with van der Waals surface area (Å²) < 4.78 is 4.50. The van der Waals surface area contributed by atoms with Crippen molar-refractivity contribution in [2.45, 2.75) is 13.2 Å². The average Bonchev–Trinajstić information content (AvgIpc) is 2.03. The van der Waals surface area contributed by atoms with Crippen LogP contribution in [0.25, 0.3) is 0 Å². The molecular weight excluding hydrogens is 162 g/mol. The van der Waals surface area contributed by atoms with Crippen molar-refractivity contribution in [1.29, 1.82) is 0 Å². The molecule has 68 valence electrons. The number of aliphatic hydroxyl groups excluding tert-OH is 1. The van der Waals surface area contributed by atoms with Crippen molar-refractivity contribution >= 4 is 11.9 Å². The fourth-order valence-corrected chi connectivity index (χ4v) is 0.523. The van der Waals surface area contributed by atoms with Gasteiger partial charge in [-0.1, -0.05) is 6.58 Å². The number of carbonyl (C=O) groups is 2. The molecule has 1 atom stereocenters. The topological polar surface area (TPSA) is 75.6 Å². The summed E-state index contributed by atoms with van der Waals surface area (Å²) in [6.07, 6.45) is 0.304. The van der Waals surface area contributed by atoms with E-state index in [0.29, 0.717) is 0 Å². The van der Waals surface area contributed by atoms with Crippen molar-refractivity contribution in [3.8, 4) is 0 Å². The van der Waals surface area contributed by atoms with Gasteiger partial charge >= 0.3 is 5.97 Å². The Kier molecular flexibility index (Phi) is 4.71. The van der Waals surface area contributed by atoms with E-state index >= 15 is 0 Å². The standard InChI is InChI=1S/C7H11NO4/c1-3-6(10)8-5(2)12-7(11)4-9/h3,5,9H,1,4H2,2H3,(H,8,10). The number of rotatable bonds is 4. The minimum atomic E-state index is -0.785. The van der Waals surface area contributed by atoms with Crippen molar-refractivity contribution < 1.29 is 19.4 Å². The molecule has 12 heavy (non-hydrogen) atoms. The summed E-state index contributed by atoms with van der Waals surface area (Å²) in [6, 6.07) is 0. The zero-order valence-electron chi connectivity index (χ0n) is 6.74. The summed E-state index contributed by atoms with van der Waals surface area (Å²) >= 11 is 0. The highest BCUT2D eigenvalue weighted by Gasteiger charge is 2.08. The first kappa shape index (κ1) is 10.6. The van der Waals surface area contributed by atoms with E-state index in [1.165, 1.54) is 6.92 Å². The van der Waals surface area contributed by atoms with E-state index in [2.05, 4.69) is 16.6 Å². The zero-order chi connectivity index (χ0) is 9.56. The van der Waals surface area contributed by atoms with E-state index in [1.807, 2.05) is 0 Å². The fraction of sp³-hybridized carbons (Fsp3) is 0.429. The quantitative estimate of drug-likeness (QED) is 0.330. The first-order chi connectivity index (χ1) is 5.60. The Morgan fingerprint density at radius 1 is 1.75 bits per heavy atom. The number of amides is 1. The summed E-state index contributed by atoms with van der Waals surface area (Å²) in [5.41, 5.74) is 0. The summed E-state index contributed by atoms with van der Waals surface area (Å²) in [4.78, 5) is 21.1. The Morgan fingerprint density at radius 3 is 2.75 bits per heavy atom. The zero-order valence-corrected chi connectivity index (χ0v) is 6.74. The smallest absolute Gasteiger partial charge is 0.333 e. The van der Waals surface area contributed by atoms with E-state index in [9.17, 15) is 9.59 Å². The molecule has 1 amide bonds. The van der Waals surface area contributed by atoms with Crippen LogP contribution in [-0.2, 0) is 14.3 Å². The molecule has 0 aromatic carbocycles. The van der Waals surface area contributed by atoms with E-state index in [1.54, 1.807) is 0 Å². The molecule has 0 aromatic rings. The van der Waals surface area contributed by atoms with Crippen LogP contribution >= 0.6 is 0 Å². The normalized spacial score (nSPS) is 11.5. The van der Waals surface area contributed by atoms with E-state index in [-0.39, 0.29) is 0 Å². The van der Waals surface area contributed by atoms with Crippen molar-refractivity contribution in [2.75, 3.05) is 6.61 Å². The highest BCUT2D eigenvalue weighted by atomic mass is 16.6. The fourth-order valence-electron chi connectivity index (χ4n) is 0.523. The molecule has 5 heteroatoms. The highest BCUT2D eigenvalue weighted by Crippen LogP contribution is 1.86. The van der Waals surface area contributed by atoms with Gasteiger partial charge in [-0.2, -0.15) is 0 Å². The molecule has 0 aliphatic carbocycles. The van der Waals surface area contributed by atoms with Crippen molar-refractivity contribution in [1.82, 2.24) is 5.32 Å². The van der Waals surface area contributed by atoms with E-state index in [0.717, 1.165) is 6.08 Å². The summed E-state index contributed by atoms with van der Waals surface area (Å²) in [6.45, 7) is 3.98. The molecule has 0 bridgehead atoms. The average molecular weight is 173 g/mol. The second kappa shape index (κ2) is 5.31. The van der Waals surface area contributed by atoms with Gasteiger partial charge in [0.25, 0.3) is 0 Å². The molecule has 0 radical (unpaired) electrons. The van der Waals surface area contributed by atoms with E-state index in [4.69, 9.17) is 5.11 Å². The second-order valence-corrected chi connectivity index (χ2v) is 2.00. The van der Waals surface area contributed by atoms with Gasteiger partial charge in [-0.25, -0.2) is 4.79 Å². The minimum Gasteiger partial charge on any atom is -0.440 e. The maximum Gasteiger partial charge on any atom is 0.333 e. The third-order valence-corrected chi connectivity index (χ3v) is 0.968. The number of carbonyl (C=O) groups excluding carboxylic acids is 2. The number of ether oxygens (including phenoxy) is 1. The van der Waals surface area contributed by atoms with Crippen LogP contribution in [0, 0.1) is 0 Å². The predicted octanol–water partition coefficient (Wildman–Crippen LogP) is -0.830. The molecule has 0 saturated carbocycles. The van der Waals surface area contributed by atoms with Gasteiger partial charge in [0.15, 0.2) is 6.23 Å². The van der Waals surface area contributed by atoms with Gasteiger partial charge in [0, 0.05) is 0 Å². The minimum absolute atomic E-state index is 0.437. The van der Waals surface area contributed by atoms with Crippen molar-refractivity contribution in [3.05, 3.63) is 12.7 Å². The highest BCUT2D eigenvalue weighted by molar-refractivity contribution is 5.87. The molecule has 2 N–H and O–H groups in total. The summed E-state index contributed by atoms with van der Waals surface area (Å²) in [5.74, 6) is -1.22. The monoisotopic (exact) mass is 173 g/mol. The lowest BCUT2D eigenvalue weighted by Gasteiger charge is -2.12. The number of nitrogens with one attached hydrogen (secondary N) is 1. The maximum absolute atomic E-state index is 10.6. The molecular formula is C7H11NO4. The molecule has 0 aromatic heterocycles. The van der Waals surface area contributed by atoms with Crippen LogP contribution in [0.15, 0.2) is 12.7 Å². The molecule has 0 rings (SSSR count). The Morgan fingerprint density at radius 2 is 2.33 bits per heavy atom. The van der Waals surface area contributed by atoms with Crippen LogP contribution in [0.2, 0.25) is 0 Å². The third-order valence-electron chi connectivity index (χ3n) is 0.968. The molecule has 0 aliphatic heterocycles. The number of hydrogen-bond acceptors (Lipinski definition) is 4. The van der Waals surface area contributed by atoms with Crippen LogP contribution in [0.3, 0.4) is 0 Å². The Balaban J connectivity index is 3.73. The first-order valence-corrected chi connectivity index (χ1v) is 3.33. The van der Waals surface area contributed by atoms with Crippen molar-refractivity contribution in [3.63, 3.8) is 0 Å². The summed E-state index contributed by atoms with van der Waals surface area (Å²) in [7, 11) is 0. The third kappa shape index (κ3) is 4.45. The lowest BCUT2D eigenvalue weighted by Crippen LogP contribution is -2.35. The van der Waals surface area contributed by atoms with Gasteiger partial charge in [0.2, 0.25) is 5.91 Å². The Bertz CT molecular complexity index is 190. The SMILES string of the molecule is C=CC(=O)NC(C)OC(=O)CO. The molecule has 1 unspecified atom stereocenters. The van der Waals surface area contributed by atoms with Crippen molar-refractivity contribution in [2.24, 2.45) is 0 Å². The van der Waals surface area contributed by atoms with Crippen LogP contribution in [0.4, 0.5) is 0 Å². The molecule has 0 heterocycles. The van der Waals surface area contributed by atoms with Gasteiger partial charge < -0.3 is 15.2 Å². The van der Waals surface area contributed by atoms with Gasteiger partial charge in [-0.15, -0.1) is 0 Å². The Hall–Kier alpha value is -1.36. The second-order valence-electron chi connectivity index (χ2n) is 2.00. The molecule has 5 nitrogen and oxygen atoms in total. The number of aliphatic hydroxyl groups is 1. The van der Waals surface area contributed by atoms with Gasteiger partial charge in [-0.3, -0.25) is 4.79 Å². The predicted molar refractivity (Wildman–Crippen MR) is 41.0 cm³/mol. The molecule has 0 fully saturated rings. The lowest BCUT2D eigenvalue weighted by atomic mass is 10.5.